The molecular formula is C12H19NO2. The number of rotatable bonds is 2. The van der Waals surface area contributed by atoms with Gasteiger partial charge in [-0.25, -0.2) is 0 Å². The summed E-state index contributed by atoms with van der Waals surface area (Å²) in [5.41, 5.74) is 5.04. The highest BCUT2D eigenvalue weighted by Crippen LogP contribution is 2.29. The number of phenols is 1. The smallest absolute Gasteiger partial charge is 0.143 e. The molecule has 0 spiro atoms. The molecule has 0 unspecified atom stereocenters. The first-order chi connectivity index (χ1) is 6.79. The number of aromatic hydroxyl groups is 1. The van der Waals surface area contributed by atoms with Crippen molar-refractivity contribution in [2.75, 3.05) is 5.48 Å². The summed E-state index contributed by atoms with van der Waals surface area (Å²) in [6, 6.07) is 3.78. The van der Waals surface area contributed by atoms with Gasteiger partial charge in [-0.1, -0.05) is 6.07 Å². The van der Waals surface area contributed by atoms with Crippen molar-refractivity contribution < 1.29 is 9.94 Å². The van der Waals surface area contributed by atoms with Gasteiger partial charge in [-0.2, -0.15) is 0 Å². The number of anilines is 1. The van der Waals surface area contributed by atoms with E-state index in [4.69, 9.17) is 4.84 Å². The summed E-state index contributed by atoms with van der Waals surface area (Å²) >= 11 is 0. The predicted molar refractivity (Wildman–Crippen MR) is 62.0 cm³/mol. The zero-order valence-corrected chi connectivity index (χ0v) is 10.0. The van der Waals surface area contributed by atoms with Crippen LogP contribution in [-0.2, 0) is 4.84 Å². The Morgan fingerprint density at radius 3 is 2.33 bits per heavy atom. The topological polar surface area (TPSA) is 41.5 Å². The van der Waals surface area contributed by atoms with Crippen LogP contribution in [-0.4, -0.2) is 10.7 Å². The molecule has 0 saturated carbocycles. The van der Waals surface area contributed by atoms with Gasteiger partial charge in [0, 0.05) is 0 Å². The maximum atomic E-state index is 9.78. The van der Waals surface area contributed by atoms with Crippen molar-refractivity contribution in [1.29, 1.82) is 0 Å². The molecule has 0 atom stereocenters. The van der Waals surface area contributed by atoms with E-state index in [-0.39, 0.29) is 11.4 Å². The monoisotopic (exact) mass is 209 g/mol. The van der Waals surface area contributed by atoms with Gasteiger partial charge < -0.3 is 5.11 Å². The number of phenolic OH excluding ortho intramolecular Hbond substituents is 1. The van der Waals surface area contributed by atoms with Gasteiger partial charge in [0.15, 0.2) is 0 Å². The van der Waals surface area contributed by atoms with Crippen LogP contribution in [0.4, 0.5) is 5.69 Å². The SMILES string of the molecule is Cc1cc(C)c(O)c(NOC(C)(C)C)c1. The van der Waals surface area contributed by atoms with Gasteiger partial charge in [-0.05, 0) is 51.8 Å². The van der Waals surface area contributed by atoms with E-state index in [1.807, 2.05) is 46.8 Å². The van der Waals surface area contributed by atoms with E-state index >= 15 is 0 Å². The van der Waals surface area contributed by atoms with Crippen LogP contribution in [0, 0.1) is 13.8 Å². The van der Waals surface area contributed by atoms with Gasteiger partial charge >= 0.3 is 0 Å². The fraction of sp³-hybridized carbons (Fsp3) is 0.500. The van der Waals surface area contributed by atoms with Gasteiger partial charge in [0.2, 0.25) is 0 Å². The molecule has 0 bridgehead atoms. The third-order valence-electron chi connectivity index (χ3n) is 1.91. The number of hydrogen-bond donors (Lipinski definition) is 2. The first kappa shape index (κ1) is 11.9. The van der Waals surface area contributed by atoms with Crippen LogP contribution in [0.15, 0.2) is 12.1 Å². The van der Waals surface area contributed by atoms with Crippen LogP contribution >= 0.6 is 0 Å². The minimum absolute atomic E-state index is 0.241. The minimum atomic E-state index is -0.288. The van der Waals surface area contributed by atoms with Gasteiger partial charge in [-0.3, -0.25) is 10.3 Å². The van der Waals surface area contributed by atoms with Crippen molar-refractivity contribution in [3.63, 3.8) is 0 Å². The van der Waals surface area contributed by atoms with E-state index in [9.17, 15) is 5.11 Å². The molecule has 0 radical (unpaired) electrons. The van der Waals surface area contributed by atoms with Gasteiger partial charge in [0.05, 0.1) is 5.60 Å². The van der Waals surface area contributed by atoms with Crippen molar-refractivity contribution >= 4 is 5.69 Å². The molecule has 1 aromatic rings. The average Bonchev–Trinajstić information content (AvgIpc) is 2.07. The minimum Gasteiger partial charge on any atom is -0.505 e. The Bertz CT molecular complexity index is 353. The summed E-state index contributed by atoms with van der Waals surface area (Å²) < 4.78 is 0. The van der Waals surface area contributed by atoms with Crippen molar-refractivity contribution in [3.8, 4) is 5.75 Å². The highest BCUT2D eigenvalue weighted by atomic mass is 16.7. The summed E-state index contributed by atoms with van der Waals surface area (Å²) in [5, 5.41) is 9.78. The van der Waals surface area contributed by atoms with Crippen LogP contribution in [0.25, 0.3) is 0 Å². The molecule has 1 rings (SSSR count). The van der Waals surface area contributed by atoms with Gasteiger partial charge in [-0.15, -0.1) is 0 Å². The Kier molecular flexibility index (Phi) is 3.25. The summed E-state index contributed by atoms with van der Waals surface area (Å²) in [7, 11) is 0. The number of nitrogens with one attached hydrogen (secondary N) is 1. The molecular weight excluding hydrogens is 190 g/mol. The Hall–Kier alpha value is -1.22. The van der Waals surface area contributed by atoms with Crippen LogP contribution in [0.3, 0.4) is 0 Å². The van der Waals surface area contributed by atoms with Crippen molar-refractivity contribution in [2.45, 2.75) is 40.2 Å². The molecule has 1 aromatic carbocycles. The number of aryl methyl sites for hydroxylation is 2. The van der Waals surface area contributed by atoms with Crippen LogP contribution in [0.1, 0.15) is 31.9 Å². The molecule has 0 amide bonds. The maximum absolute atomic E-state index is 9.78. The summed E-state index contributed by atoms with van der Waals surface area (Å²) in [4.78, 5) is 5.40. The van der Waals surface area contributed by atoms with Crippen LogP contribution < -0.4 is 5.48 Å². The molecule has 0 aliphatic carbocycles. The van der Waals surface area contributed by atoms with E-state index in [2.05, 4.69) is 5.48 Å². The molecule has 3 heteroatoms. The maximum Gasteiger partial charge on any atom is 0.143 e. The van der Waals surface area contributed by atoms with Crippen molar-refractivity contribution in [2.24, 2.45) is 0 Å². The van der Waals surface area contributed by atoms with E-state index < -0.39 is 0 Å². The fourth-order valence-electron chi connectivity index (χ4n) is 1.25. The van der Waals surface area contributed by atoms with Gasteiger partial charge in [0.1, 0.15) is 11.4 Å². The standard InChI is InChI=1S/C12H19NO2/c1-8-6-9(2)11(14)10(7-8)13-15-12(3,4)5/h6-7,13-14H,1-5H3. The normalized spacial score (nSPS) is 11.5. The molecule has 0 aromatic heterocycles. The number of benzene rings is 1. The highest BCUT2D eigenvalue weighted by molar-refractivity contribution is 5.59. The average molecular weight is 209 g/mol. The Labute approximate surface area is 91.0 Å². The summed E-state index contributed by atoms with van der Waals surface area (Å²) in [5.74, 6) is 0.241. The summed E-state index contributed by atoms with van der Waals surface area (Å²) in [6.45, 7) is 9.68. The molecule has 0 saturated heterocycles. The van der Waals surface area contributed by atoms with E-state index in [1.54, 1.807) is 0 Å². The molecule has 0 fully saturated rings. The van der Waals surface area contributed by atoms with Gasteiger partial charge in [0.25, 0.3) is 0 Å². The van der Waals surface area contributed by atoms with E-state index in [0.717, 1.165) is 11.1 Å². The lowest BCUT2D eigenvalue weighted by atomic mass is 10.1. The molecule has 15 heavy (non-hydrogen) atoms. The quantitative estimate of drug-likeness (QED) is 0.580. The first-order valence-corrected chi connectivity index (χ1v) is 5.04. The molecule has 3 nitrogen and oxygen atoms in total. The van der Waals surface area contributed by atoms with E-state index in [0.29, 0.717) is 5.69 Å². The second-order valence-corrected chi connectivity index (χ2v) is 4.79. The predicted octanol–water partition coefficient (Wildman–Crippen LogP) is 3.15. The fourth-order valence-corrected chi connectivity index (χ4v) is 1.25. The van der Waals surface area contributed by atoms with E-state index in [1.165, 1.54) is 0 Å². The third-order valence-corrected chi connectivity index (χ3v) is 1.91. The lowest BCUT2D eigenvalue weighted by Gasteiger charge is -2.21. The molecule has 84 valence electrons. The first-order valence-electron chi connectivity index (χ1n) is 5.04. The summed E-state index contributed by atoms with van der Waals surface area (Å²) in [6.07, 6.45) is 0. The second kappa shape index (κ2) is 4.11. The largest absolute Gasteiger partial charge is 0.505 e. The molecule has 0 heterocycles. The Morgan fingerprint density at radius 1 is 1.20 bits per heavy atom. The molecule has 0 aliphatic rings. The zero-order chi connectivity index (χ0) is 11.6. The number of hydrogen-bond acceptors (Lipinski definition) is 3. The lowest BCUT2D eigenvalue weighted by Crippen LogP contribution is -2.23. The Morgan fingerprint density at radius 2 is 1.80 bits per heavy atom. The highest BCUT2D eigenvalue weighted by Gasteiger charge is 2.12. The third kappa shape index (κ3) is 3.44. The van der Waals surface area contributed by atoms with Crippen molar-refractivity contribution in [1.82, 2.24) is 0 Å². The van der Waals surface area contributed by atoms with Crippen LogP contribution in [0.5, 0.6) is 5.75 Å². The second-order valence-electron chi connectivity index (χ2n) is 4.79. The lowest BCUT2D eigenvalue weighted by molar-refractivity contribution is 0.0371. The van der Waals surface area contributed by atoms with Crippen LogP contribution in [0.2, 0.25) is 0 Å². The molecule has 0 aliphatic heterocycles. The molecule has 2 N–H and O–H groups in total. The zero-order valence-electron chi connectivity index (χ0n) is 10.0. The van der Waals surface area contributed by atoms with Crippen molar-refractivity contribution in [3.05, 3.63) is 23.3 Å². The Balaban J connectivity index is 2.86.